The molecule has 116 valence electrons. The van der Waals surface area contributed by atoms with E-state index in [1.807, 2.05) is 7.11 Å². The Morgan fingerprint density at radius 1 is 1.40 bits per heavy atom. The van der Waals surface area contributed by atoms with Crippen molar-refractivity contribution in [1.82, 2.24) is 4.90 Å². The van der Waals surface area contributed by atoms with Gasteiger partial charge < -0.3 is 20.6 Å². The largest absolute Gasteiger partial charge is 0.409 e. The molecule has 1 aliphatic heterocycles. The number of rotatable bonds is 4. The third kappa shape index (κ3) is 3.23. The number of methoxy groups -OCH3 is 1. The monoisotopic (exact) mass is 301 g/mol. The highest BCUT2D eigenvalue weighted by atomic mass is 32.2. The molecule has 2 unspecified atom stereocenters. The van der Waals surface area contributed by atoms with E-state index in [4.69, 9.17) is 15.7 Å². The van der Waals surface area contributed by atoms with E-state index < -0.39 is 0 Å². The molecule has 2 fully saturated rings. The van der Waals surface area contributed by atoms with Gasteiger partial charge in [-0.05, 0) is 44.8 Å². The van der Waals surface area contributed by atoms with E-state index in [0.717, 1.165) is 32.4 Å². The van der Waals surface area contributed by atoms with Gasteiger partial charge in [-0.1, -0.05) is 5.16 Å². The van der Waals surface area contributed by atoms with Gasteiger partial charge in [-0.2, -0.15) is 11.8 Å². The number of nitrogens with zero attached hydrogens (tertiary/aromatic N) is 2. The summed E-state index contributed by atoms with van der Waals surface area (Å²) in [5.41, 5.74) is 5.90. The van der Waals surface area contributed by atoms with Crippen molar-refractivity contribution in [3.8, 4) is 0 Å². The lowest BCUT2D eigenvalue weighted by Crippen LogP contribution is -2.53. The van der Waals surface area contributed by atoms with E-state index in [-0.39, 0.29) is 4.75 Å². The van der Waals surface area contributed by atoms with Crippen LogP contribution in [0.2, 0.25) is 0 Å². The summed E-state index contributed by atoms with van der Waals surface area (Å²) >= 11 is 1.71. The normalized spacial score (nSPS) is 32.2. The van der Waals surface area contributed by atoms with Crippen LogP contribution in [0.3, 0.4) is 0 Å². The first-order valence-electron chi connectivity index (χ1n) is 7.45. The number of ether oxygens (including phenoxy) is 1. The average Bonchev–Trinajstić information content (AvgIpc) is 2.54. The molecule has 20 heavy (non-hydrogen) atoms. The fourth-order valence-corrected chi connectivity index (χ4v) is 4.41. The standard InChI is InChI=1S/C14H27N3O2S/c1-19-12-5-3-4-11(10-12)17-8-6-14(20-2,7-9-17)13(15)16-18/h11-12,18H,3-10H2,1-2H3,(H2,15,16). The lowest BCUT2D eigenvalue weighted by molar-refractivity contribution is 0.0217. The first kappa shape index (κ1) is 15.9. The zero-order valence-corrected chi connectivity index (χ0v) is 13.4. The fraction of sp³-hybridized carbons (Fsp3) is 0.929. The fourth-order valence-electron chi connectivity index (χ4n) is 3.57. The highest BCUT2D eigenvalue weighted by Gasteiger charge is 2.40. The molecule has 0 amide bonds. The summed E-state index contributed by atoms with van der Waals surface area (Å²) in [7, 11) is 1.82. The summed E-state index contributed by atoms with van der Waals surface area (Å²) in [6.45, 7) is 2.05. The Hall–Kier alpha value is -0.460. The Labute approximate surface area is 125 Å². The predicted molar refractivity (Wildman–Crippen MR) is 83.5 cm³/mol. The number of amidine groups is 1. The Morgan fingerprint density at radius 2 is 2.10 bits per heavy atom. The summed E-state index contributed by atoms with van der Waals surface area (Å²) in [5.74, 6) is 0.378. The molecule has 0 radical (unpaired) electrons. The SMILES string of the molecule is COC1CCCC(N2CCC(SC)(C(N)=NO)CC2)C1. The third-order valence-electron chi connectivity index (χ3n) is 5.02. The van der Waals surface area contributed by atoms with E-state index in [0.29, 0.717) is 18.0 Å². The summed E-state index contributed by atoms with van der Waals surface area (Å²) in [5, 5.41) is 12.2. The molecule has 5 nitrogen and oxygen atoms in total. The average molecular weight is 301 g/mol. The third-order valence-corrected chi connectivity index (χ3v) is 6.42. The molecule has 1 saturated heterocycles. The minimum Gasteiger partial charge on any atom is -0.409 e. The number of oxime groups is 1. The molecule has 1 heterocycles. The molecule has 1 saturated carbocycles. The number of nitrogens with two attached hydrogens (primary N) is 1. The maximum Gasteiger partial charge on any atom is 0.155 e. The van der Waals surface area contributed by atoms with Crippen LogP contribution in [0.25, 0.3) is 0 Å². The molecule has 0 spiro atoms. The first-order valence-corrected chi connectivity index (χ1v) is 8.67. The van der Waals surface area contributed by atoms with Gasteiger partial charge in [0.05, 0.1) is 10.9 Å². The molecule has 0 bridgehead atoms. The molecule has 0 aromatic carbocycles. The zero-order chi connectivity index (χ0) is 14.6. The van der Waals surface area contributed by atoms with Gasteiger partial charge in [0, 0.05) is 26.2 Å². The minimum absolute atomic E-state index is 0.180. The van der Waals surface area contributed by atoms with Crippen molar-refractivity contribution < 1.29 is 9.94 Å². The topological polar surface area (TPSA) is 71.1 Å². The van der Waals surface area contributed by atoms with E-state index in [1.54, 1.807) is 11.8 Å². The van der Waals surface area contributed by atoms with Gasteiger partial charge >= 0.3 is 0 Å². The van der Waals surface area contributed by atoms with E-state index in [1.165, 1.54) is 19.3 Å². The number of hydrogen-bond donors (Lipinski definition) is 2. The Morgan fingerprint density at radius 3 is 2.65 bits per heavy atom. The second-order valence-electron chi connectivity index (χ2n) is 5.90. The second kappa shape index (κ2) is 7.00. The molecular weight excluding hydrogens is 274 g/mol. The molecule has 0 aromatic rings. The van der Waals surface area contributed by atoms with Gasteiger partial charge in [0.2, 0.25) is 0 Å². The van der Waals surface area contributed by atoms with Crippen molar-refractivity contribution >= 4 is 17.6 Å². The highest BCUT2D eigenvalue weighted by Crippen LogP contribution is 2.37. The van der Waals surface area contributed by atoms with Crippen molar-refractivity contribution in [2.75, 3.05) is 26.5 Å². The Balaban J connectivity index is 1.93. The predicted octanol–water partition coefficient (Wildman–Crippen LogP) is 1.89. The van der Waals surface area contributed by atoms with Crippen molar-refractivity contribution in [3.63, 3.8) is 0 Å². The van der Waals surface area contributed by atoms with Crippen molar-refractivity contribution in [2.24, 2.45) is 10.9 Å². The molecule has 3 N–H and O–H groups in total. The van der Waals surface area contributed by atoms with Gasteiger partial charge in [0.1, 0.15) is 0 Å². The maximum atomic E-state index is 8.98. The number of likely N-dealkylation sites (tertiary alicyclic amines) is 1. The van der Waals surface area contributed by atoms with Crippen LogP contribution < -0.4 is 5.73 Å². The second-order valence-corrected chi connectivity index (χ2v) is 7.09. The summed E-state index contributed by atoms with van der Waals surface area (Å²) in [6.07, 6.45) is 9.26. The van der Waals surface area contributed by atoms with Gasteiger partial charge in [0.15, 0.2) is 5.84 Å². The molecule has 2 rings (SSSR count). The molecule has 1 aliphatic carbocycles. The highest BCUT2D eigenvalue weighted by molar-refractivity contribution is 8.00. The summed E-state index contributed by atoms with van der Waals surface area (Å²) < 4.78 is 5.35. The number of thioether (sulfide) groups is 1. The lowest BCUT2D eigenvalue weighted by Gasteiger charge is -2.44. The smallest absolute Gasteiger partial charge is 0.155 e. The van der Waals surface area contributed by atoms with Crippen LogP contribution >= 0.6 is 11.8 Å². The van der Waals surface area contributed by atoms with Crippen LogP contribution in [-0.4, -0.2) is 59.3 Å². The van der Waals surface area contributed by atoms with Crippen LogP contribution in [-0.2, 0) is 4.74 Å². The molecule has 0 aromatic heterocycles. The summed E-state index contributed by atoms with van der Waals surface area (Å²) in [4.78, 5) is 2.57. The van der Waals surface area contributed by atoms with Gasteiger partial charge in [-0.3, -0.25) is 0 Å². The molecule has 6 heteroatoms. The molecular formula is C14H27N3O2S. The van der Waals surface area contributed by atoms with E-state index >= 15 is 0 Å². The summed E-state index contributed by atoms with van der Waals surface area (Å²) in [6, 6.07) is 0.640. The Kier molecular flexibility index (Phi) is 5.57. The van der Waals surface area contributed by atoms with E-state index in [9.17, 15) is 0 Å². The van der Waals surface area contributed by atoms with Crippen LogP contribution in [0.15, 0.2) is 5.16 Å². The first-order chi connectivity index (χ1) is 9.65. The zero-order valence-electron chi connectivity index (χ0n) is 12.5. The quantitative estimate of drug-likeness (QED) is 0.359. The van der Waals surface area contributed by atoms with Crippen molar-refractivity contribution in [3.05, 3.63) is 0 Å². The van der Waals surface area contributed by atoms with Crippen molar-refractivity contribution in [1.29, 1.82) is 0 Å². The van der Waals surface area contributed by atoms with Crippen LogP contribution in [0.5, 0.6) is 0 Å². The van der Waals surface area contributed by atoms with Crippen LogP contribution in [0.1, 0.15) is 38.5 Å². The van der Waals surface area contributed by atoms with E-state index in [2.05, 4.69) is 16.3 Å². The Bertz CT molecular complexity index is 343. The van der Waals surface area contributed by atoms with Crippen LogP contribution in [0.4, 0.5) is 0 Å². The van der Waals surface area contributed by atoms with Gasteiger partial charge in [0.25, 0.3) is 0 Å². The number of piperidine rings is 1. The minimum atomic E-state index is -0.180. The maximum absolute atomic E-state index is 8.98. The van der Waals surface area contributed by atoms with Crippen molar-refractivity contribution in [2.45, 2.75) is 55.4 Å². The molecule has 2 atom stereocenters. The number of hydrogen-bond acceptors (Lipinski definition) is 5. The van der Waals surface area contributed by atoms with Gasteiger partial charge in [-0.15, -0.1) is 0 Å². The van der Waals surface area contributed by atoms with Crippen LogP contribution in [0, 0.1) is 0 Å². The van der Waals surface area contributed by atoms with Gasteiger partial charge in [-0.25, -0.2) is 0 Å². The molecule has 2 aliphatic rings. The lowest BCUT2D eigenvalue weighted by atomic mass is 9.88.